The van der Waals surface area contributed by atoms with Gasteiger partial charge in [0.25, 0.3) is 0 Å². The van der Waals surface area contributed by atoms with E-state index in [1.54, 1.807) is 0 Å². The first-order chi connectivity index (χ1) is 10.1. The molecular formula is C19H30N2. The predicted octanol–water partition coefficient (Wildman–Crippen LogP) is 4.33. The third kappa shape index (κ3) is 4.60. The molecule has 0 atom stereocenters. The Morgan fingerprint density at radius 3 is 2.33 bits per heavy atom. The minimum Gasteiger partial charge on any atom is -0.365 e. The van der Waals surface area contributed by atoms with Gasteiger partial charge in [-0.15, -0.1) is 0 Å². The van der Waals surface area contributed by atoms with Crippen molar-refractivity contribution in [3.8, 4) is 0 Å². The number of rotatable bonds is 5. The van der Waals surface area contributed by atoms with E-state index in [1.165, 1.54) is 29.7 Å². The highest BCUT2D eigenvalue weighted by molar-refractivity contribution is 5.50. The summed E-state index contributed by atoms with van der Waals surface area (Å²) in [6, 6.07) is 9.84. The molecule has 0 aliphatic carbocycles. The lowest BCUT2D eigenvalue weighted by Crippen LogP contribution is -2.43. The third-order valence-electron chi connectivity index (χ3n) is 4.34. The zero-order chi connectivity index (χ0) is 15.2. The van der Waals surface area contributed by atoms with Crippen LogP contribution in [0.1, 0.15) is 52.0 Å². The summed E-state index contributed by atoms with van der Waals surface area (Å²) >= 11 is 0. The van der Waals surface area contributed by atoms with Crippen LogP contribution in [0.15, 0.2) is 35.9 Å². The van der Waals surface area contributed by atoms with Crippen LogP contribution in [0, 0.1) is 0 Å². The van der Waals surface area contributed by atoms with Crippen LogP contribution < -0.4 is 10.2 Å². The molecule has 1 N–H and O–H groups in total. The molecule has 21 heavy (non-hydrogen) atoms. The van der Waals surface area contributed by atoms with Crippen LogP contribution in [0.3, 0.4) is 0 Å². The van der Waals surface area contributed by atoms with Gasteiger partial charge in [-0.3, -0.25) is 0 Å². The molecular weight excluding hydrogens is 256 g/mol. The van der Waals surface area contributed by atoms with Crippen molar-refractivity contribution in [2.75, 3.05) is 24.5 Å². The molecule has 1 aromatic rings. The molecule has 1 fully saturated rings. The number of benzene rings is 1. The summed E-state index contributed by atoms with van der Waals surface area (Å²) in [5.74, 6) is 0.601. The number of hydrogen-bond acceptors (Lipinski definition) is 2. The average molecular weight is 286 g/mol. The van der Waals surface area contributed by atoms with Gasteiger partial charge in [0.05, 0.1) is 0 Å². The molecule has 0 aromatic heterocycles. The van der Waals surface area contributed by atoms with E-state index in [4.69, 9.17) is 0 Å². The normalized spacial score (nSPS) is 16.0. The van der Waals surface area contributed by atoms with Gasteiger partial charge in [-0.2, -0.15) is 0 Å². The molecule has 0 radical (unpaired) electrons. The lowest BCUT2D eigenvalue weighted by atomic mass is 10.0. The van der Waals surface area contributed by atoms with Gasteiger partial charge in [-0.05, 0) is 63.4 Å². The fourth-order valence-corrected chi connectivity index (χ4v) is 2.92. The molecule has 0 bridgehead atoms. The van der Waals surface area contributed by atoms with Crippen LogP contribution in [0.5, 0.6) is 0 Å². The largest absolute Gasteiger partial charge is 0.365 e. The van der Waals surface area contributed by atoms with E-state index in [2.05, 4.69) is 68.3 Å². The quantitative estimate of drug-likeness (QED) is 0.810. The lowest BCUT2D eigenvalue weighted by molar-refractivity contribution is 0.437. The number of hydrogen-bond donors (Lipinski definition) is 1. The first kappa shape index (κ1) is 16.1. The van der Waals surface area contributed by atoms with Gasteiger partial charge in [0.15, 0.2) is 0 Å². The monoisotopic (exact) mass is 286 g/mol. The van der Waals surface area contributed by atoms with Gasteiger partial charge in [0.1, 0.15) is 0 Å². The second-order valence-corrected chi connectivity index (χ2v) is 6.66. The summed E-state index contributed by atoms with van der Waals surface area (Å²) in [7, 11) is 0. The summed E-state index contributed by atoms with van der Waals surface area (Å²) in [4.78, 5) is 2.58. The minimum absolute atomic E-state index is 0.601. The molecule has 2 heteroatoms. The highest BCUT2D eigenvalue weighted by Crippen LogP contribution is 2.24. The van der Waals surface area contributed by atoms with Crippen LogP contribution in [-0.2, 0) is 0 Å². The van der Waals surface area contributed by atoms with Gasteiger partial charge >= 0.3 is 0 Å². The number of allylic oxidation sites excluding steroid dienone is 1. The van der Waals surface area contributed by atoms with Crippen molar-refractivity contribution < 1.29 is 0 Å². The van der Waals surface area contributed by atoms with Gasteiger partial charge < -0.3 is 10.2 Å². The van der Waals surface area contributed by atoms with E-state index < -0.39 is 0 Å². The summed E-state index contributed by atoms with van der Waals surface area (Å²) < 4.78 is 0. The maximum absolute atomic E-state index is 3.47. The Balaban J connectivity index is 2.18. The number of nitrogens with one attached hydrogen (secondary N) is 1. The smallest absolute Gasteiger partial charge is 0.0371 e. The zero-order valence-corrected chi connectivity index (χ0v) is 14.0. The molecule has 1 aromatic carbocycles. The minimum atomic E-state index is 0.601. The highest BCUT2D eigenvalue weighted by atomic mass is 15.2. The zero-order valence-electron chi connectivity index (χ0n) is 14.0. The lowest BCUT2D eigenvalue weighted by Gasteiger charge is -2.36. The van der Waals surface area contributed by atoms with Gasteiger partial charge in [-0.1, -0.05) is 37.6 Å². The number of piperidine rings is 1. The van der Waals surface area contributed by atoms with Crippen molar-refractivity contribution in [3.63, 3.8) is 0 Å². The molecule has 0 spiro atoms. The summed E-state index contributed by atoms with van der Waals surface area (Å²) in [5, 5.41) is 3.47. The van der Waals surface area contributed by atoms with Crippen LogP contribution in [0.4, 0.5) is 5.69 Å². The van der Waals surface area contributed by atoms with Crippen molar-refractivity contribution >= 4 is 5.69 Å². The third-order valence-corrected chi connectivity index (χ3v) is 4.34. The maximum atomic E-state index is 3.47. The Morgan fingerprint density at radius 2 is 1.81 bits per heavy atom. The molecule has 0 unspecified atom stereocenters. The van der Waals surface area contributed by atoms with Crippen LogP contribution in [0.25, 0.3) is 0 Å². The standard InChI is InChI=1S/C19H30N2/c1-15(2)11-14-21(19-9-12-20-13-10-19)18-7-5-17(6-8-18)16(3)4/h5-8,11,16,19-20H,9-10,12-14H2,1-4H3. The summed E-state index contributed by atoms with van der Waals surface area (Å²) in [5.41, 5.74) is 4.18. The van der Waals surface area contributed by atoms with Crippen LogP contribution in [0.2, 0.25) is 0 Å². The molecule has 2 rings (SSSR count). The van der Waals surface area contributed by atoms with E-state index in [-0.39, 0.29) is 0 Å². The molecule has 116 valence electrons. The Morgan fingerprint density at radius 1 is 1.19 bits per heavy atom. The Kier molecular flexibility index (Phi) is 5.86. The Hall–Kier alpha value is -1.28. The average Bonchev–Trinajstić information content (AvgIpc) is 2.49. The van der Waals surface area contributed by atoms with Gasteiger partial charge in [0.2, 0.25) is 0 Å². The first-order valence-corrected chi connectivity index (χ1v) is 8.28. The van der Waals surface area contributed by atoms with Crippen molar-refractivity contribution in [2.45, 2.75) is 52.5 Å². The number of anilines is 1. The van der Waals surface area contributed by atoms with E-state index in [0.29, 0.717) is 12.0 Å². The van der Waals surface area contributed by atoms with Gasteiger partial charge in [0, 0.05) is 18.3 Å². The van der Waals surface area contributed by atoms with Gasteiger partial charge in [-0.25, -0.2) is 0 Å². The fourth-order valence-electron chi connectivity index (χ4n) is 2.92. The topological polar surface area (TPSA) is 15.3 Å². The fraction of sp³-hybridized carbons (Fsp3) is 0.579. The van der Waals surface area contributed by atoms with Crippen molar-refractivity contribution in [1.82, 2.24) is 5.32 Å². The second kappa shape index (κ2) is 7.65. The second-order valence-electron chi connectivity index (χ2n) is 6.66. The van der Waals surface area contributed by atoms with E-state index in [0.717, 1.165) is 19.6 Å². The van der Waals surface area contributed by atoms with Crippen molar-refractivity contribution in [1.29, 1.82) is 0 Å². The Labute approximate surface area is 130 Å². The molecule has 0 amide bonds. The van der Waals surface area contributed by atoms with E-state index in [1.807, 2.05) is 0 Å². The number of nitrogens with zero attached hydrogens (tertiary/aromatic N) is 1. The SMILES string of the molecule is CC(C)=CCN(c1ccc(C(C)C)cc1)C1CCNCC1. The van der Waals surface area contributed by atoms with Crippen molar-refractivity contribution in [3.05, 3.63) is 41.5 Å². The Bertz CT molecular complexity index is 449. The summed E-state index contributed by atoms with van der Waals surface area (Å²) in [6.45, 7) is 12.2. The van der Waals surface area contributed by atoms with E-state index in [9.17, 15) is 0 Å². The van der Waals surface area contributed by atoms with Crippen LogP contribution in [-0.4, -0.2) is 25.7 Å². The first-order valence-electron chi connectivity index (χ1n) is 8.28. The molecule has 1 aliphatic rings. The molecule has 1 aliphatic heterocycles. The summed E-state index contributed by atoms with van der Waals surface area (Å²) in [6.07, 6.45) is 4.82. The molecule has 1 saturated heterocycles. The molecule has 2 nitrogen and oxygen atoms in total. The predicted molar refractivity (Wildman–Crippen MR) is 93.2 cm³/mol. The maximum Gasteiger partial charge on any atom is 0.0371 e. The molecule has 0 saturated carbocycles. The molecule has 1 heterocycles. The highest BCUT2D eigenvalue weighted by Gasteiger charge is 2.20. The van der Waals surface area contributed by atoms with E-state index >= 15 is 0 Å². The van der Waals surface area contributed by atoms with Crippen molar-refractivity contribution in [2.24, 2.45) is 0 Å². The van der Waals surface area contributed by atoms with Crippen LogP contribution >= 0.6 is 0 Å².